The number of hydrogen-bond acceptors (Lipinski definition) is 3. The Morgan fingerprint density at radius 2 is 2.22 bits per heavy atom. The number of carbonyl (C=O) groups is 1. The second kappa shape index (κ2) is 5.57. The third-order valence-corrected chi connectivity index (χ3v) is 4.66. The SMILES string of the molecule is CC1CC(NC(=O)C2(C)CCCCN2)CCN1C. The Balaban J connectivity index is 1.87. The Morgan fingerprint density at radius 1 is 1.44 bits per heavy atom. The minimum absolute atomic E-state index is 0.198. The molecule has 18 heavy (non-hydrogen) atoms. The highest BCUT2D eigenvalue weighted by Gasteiger charge is 2.36. The van der Waals surface area contributed by atoms with Gasteiger partial charge < -0.3 is 15.5 Å². The fraction of sp³-hybridized carbons (Fsp3) is 0.929. The van der Waals surface area contributed by atoms with E-state index in [0.717, 1.165) is 38.8 Å². The van der Waals surface area contributed by atoms with E-state index in [1.807, 2.05) is 6.92 Å². The van der Waals surface area contributed by atoms with E-state index in [9.17, 15) is 4.79 Å². The van der Waals surface area contributed by atoms with Gasteiger partial charge in [-0.3, -0.25) is 4.79 Å². The molecule has 0 bridgehead atoms. The lowest BCUT2D eigenvalue weighted by Crippen LogP contribution is -2.60. The summed E-state index contributed by atoms with van der Waals surface area (Å²) in [4.78, 5) is 14.8. The molecule has 0 aromatic rings. The molecule has 3 unspecified atom stereocenters. The van der Waals surface area contributed by atoms with Crippen molar-refractivity contribution in [2.45, 2.75) is 63.6 Å². The lowest BCUT2D eigenvalue weighted by molar-refractivity contribution is -0.129. The molecule has 104 valence electrons. The van der Waals surface area contributed by atoms with E-state index in [2.05, 4.69) is 29.5 Å². The van der Waals surface area contributed by atoms with Crippen LogP contribution in [0.5, 0.6) is 0 Å². The van der Waals surface area contributed by atoms with E-state index in [1.165, 1.54) is 6.42 Å². The molecule has 0 radical (unpaired) electrons. The highest BCUT2D eigenvalue weighted by Crippen LogP contribution is 2.21. The van der Waals surface area contributed by atoms with Gasteiger partial charge in [-0.1, -0.05) is 0 Å². The quantitative estimate of drug-likeness (QED) is 0.775. The number of hydrogen-bond donors (Lipinski definition) is 2. The molecule has 2 heterocycles. The Kier molecular flexibility index (Phi) is 4.28. The average Bonchev–Trinajstić information content (AvgIpc) is 2.35. The fourth-order valence-corrected chi connectivity index (χ4v) is 3.02. The number of nitrogens with zero attached hydrogens (tertiary/aromatic N) is 1. The topological polar surface area (TPSA) is 44.4 Å². The van der Waals surface area contributed by atoms with Crippen LogP contribution >= 0.6 is 0 Å². The monoisotopic (exact) mass is 253 g/mol. The largest absolute Gasteiger partial charge is 0.352 e. The minimum atomic E-state index is -0.342. The maximum absolute atomic E-state index is 12.4. The van der Waals surface area contributed by atoms with Gasteiger partial charge in [-0.15, -0.1) is 0 Å². The summed E-state index contributed by atoms with van der Waals surface area (Å²) in [7, 11) is 2.16. The molecule has 4 heteroatoms. The molecule has 2 rings (SSSR count). The van der Waals surface area contributed by atoms with Gasteiger partial charge in [0.25, 0.3) is 0 Å². The molecule has 0 saturated carbocycles. The molecule has 1 amide bonds. The van der Waals surface area contributed by atoms with Crippen molar-refractivity contribution in [1.29, 1.82) is 0 Å². The minimum Gasteiger partial charge on any atom is -0.352 e. The predicted molar refractivity (Wildman–Crippen MR) is 73.5 cm³/mol. The van der Waals surface area contributed by atoms with Gasteiger partial charge in [0, 0.05) is 18.6 Å². The maximum atomic E-state index is 12.4. The number of amides is 1. The zero-order chi connectivity index (χ0) is 13.2. The normalized spacial score (nSPS) is 38.4. The summed E-state index contributed by atoms with van der Waals surface area (Å²) in [5, 5.41) is 6.63. The lowest BCUT2D eigenvalue weighted by Gasteiger charge is -2.39. The highest BCUT2D eigenvalue weighted by atomic mass is 16.2. The summed E-state index contributed by atoms with van der Waals surface area (Å²) in [5.74, 6) is 0.198. The van der Waals surface area contributed by atoms with E-state index >= 15 is 0 Å². The standard InChI is InChI=1S/C14H27N3O/c1-11-10-12(6-9-17(11)3)16-13(18)14(2)7-4-5-8-15-14/h11-12,15H,4-10H2,1-3H3,(H,16,18). The lowest BCUT2D eigenvalue weighted by atomic mass is 9.89. The van der Waals surface area contributed by atoms with Crippen LogP contribution in [0.25, 0.3) is 0 Å². The third kappa shape index (κ3) is 3.04. The molecule has 0 spiro atoms. The second-order valence-electron chi connectivity index (χ2n) is 6.24. The van der Waals surface area contributed by atoms with E-state index in [0.29, 0.717) is 12.1 Å². The van der Waals surface area contributed by atoms with Crippen molar-refractivity contribution in [3.63, 3.8) is 0 Å². The summed E-state index contributed by atoms with van der Waals surface area (Å²) in [5.41, 5.74) is -0.342. The van der Waals surface area contributed by atoms with Gasteiger partial charge in [-0.05, 0) is 59.5 Å². The van der Waals surface area contributed by atoms with E-state index in [1.54, 1.807) is 0 Å². The zero-order valence-corrected chi connectivity index (χ0v) is 12.0. The van der Waals surface area contributed by atoms with Crippen molar-refractivity contribution < 1.29 is 4.79 Å². The summed E-state index contributed by atoms with van der Waals surface area (Å²) in [6, 6.07) is 0.917. The predicted octanol–water partition coefficient (Wildman–Crippen LogP) is 1.12. The first-order chi connectivity index (χ1) is 8.51. The van der Waals surface area contributed by atoms with Crippen LogP contribution in [0, 0.1) is 0 Å². The van der Waals surface area contributed by atoms with Crippen molar-refractivity contribution in [3.05, 3.63) is 0 Å². The number of carbonyl (C=O) groups excluding carboxylic acids is 1. The number of nitrogens with one attached hydrogen (secondary N) is 2. The van der Waals surface area contributed by atoms with Gasteiger partial charge in [0.15, 0.2) is 0 Å². The van der Waals surface area contributed by atoms with Crippen LogP contribution in [0.2, 0.25) is 0 Å². The summed E-state index contributed by atoms with van der Waals surface area (Å²) in [6.45, 7) is 6.32. The van der Waals surface area contributed by atoms with Gasteiger partial charge in [-0.2, -0.15) is 0 Å². The molecule has 0 aliphatic carbocycles. The Labute approximate surface area is 110 Å². The Morgan fingerprint density at radius 3 is 2.83 bits per heavy atom. The van der Waals surface area contributed by atoms with Gasteiger partial charge in [0.1, 0.15) is 0 Å². The van der Waals surface area contributed by atoms with Gasteiger partial charge >= 0.3 is 0 Å². The van der Waals surface area contributed by atoms with Gasteiger partial charge in [0.2, 0.25) is 5.91 Å². The molecule has 3 atom stereocenters. The first-order valence-corrected chi connectivity index (χ1v) is 7.27. The number of likely N-dealkylation sites (tertiary alicyclic amines) is 1. The van der Waals surface area contributed by atoms with Crippen molar-refractivity contribution in [3.8, 4) is 0 Å². The molecule has 0 aromatic carbocycles. The van der Waals surface area contributed by atoms with Gasteiger partial charge in [0.05, 0.1) is 5.54 Å². The zero-order valence-electron chi connectivity index (χ0n) is 12.0. The van der Waals surface area contributed by atoms with Crippen molar-refractivity contribution >= 4 is 5.91 Å². The fourth-order valence-electron chi connectivity index (χ4n) is 3.02. The van der Waals surface area contributed by atoms with Gasteiger partial charge in [-0.25, -0.2) is 0 Å². The number of piperidine rings is 2. The van der Waals surface area contributed by atoms with Crippen LogP contribution in [0.4, 0.5) is 0 Å². The van der Waals surface area contributed by atoms with Crippen molar-refractivity contribution in [1.82, 2.24) is 15.5 Å². The Hall–Kier alpha value is -0.610. The van der Waals surface area contributed by atoms with Crippen LogP contribution < -0.4 is 10.6 Å². The molecule has 2 N–H and O–H groups in total. The molecule has 0 aromatic heterocycles. The molecular formula is C14H27N3O. The molecular weight excluding hydrogens is 226 g/mol. The maximum Gasteiger partial charge on any atom is 0.240 e. The van der Waals surface area contributed by atoms with Crippen LogP contribution in [-0.4, -0.2) is 48.6 Å². The Bertz CT molecular complexity index is 299. The van der Waals surface area contributed by atoms with E-state index in [4.69, 9.17) is 0 Å². The molecule has 2 aliphatic rings. The molecule has 2 fully saturated rings. The van der Waals surface area contributed by atoms with Crippen LogP contribution in [0.15, 0.2) is 0 Å². The third-order valence-electron chi connectivity index (χ3n) is 4.66. The highest BCUT2D eigenvalue weighted by molar-refractivity contribution is 5.86. The van der Waals surface area contributed by atoms with Crippen LogP contribution in [0.3, 0.4) is 0 Å². The van der Waals surface area contributed by atoms with Crippen molar-refractivity contribution in [2.24, 2.45) is 0 Å². The molecule has 2 saturated heterocycles. The first-order valence-electron chi connectivity index (χ1n) is 7.27. The van der Waals surface area contributed by atoms with Crippen LogP contribution in [0.1, 0.15) is 46.0 Å². The van der Waals surface area contributed by atoms with E-state index < -0.39 is 0 Å². The summed E-state index contributed by atoms with van der Waals surface area (Å²) in [6.07, 6.45) is 5.44. The summed E-state index contributed by atoms with van der Waals surface area (Å²) >= 11 is 0. The smallest absolute Gasteiger partial charge is 0.240 e. The van der Waals surface area contributed by atoms with Crippen molar-refractivity contribution in [2.75, 3.05) is 20.1 Å². The summed E-state index contributed by atoms with van der Waals surface area (Å²) < 4.78 is 0. The molecule has 2 aliphatic heterocycles. The number of rotatable bonds is 2. The first kappa shape index (κ1) is 13.8. The molecule has 4 nitrogen and oxygen atoms in total. The van der Waals surface area contributed by atoms with E-state index in [-0.39, 0.29) is 11.4 Å². The second-order valence-corrected chi connectivity index (χ2v) is 6.24. The van der Waals surface area contributed by atoms with Crippen LogP contribution in [-0.2, 0) is 4.79 Å². The average molecular weight is 253 g/mol.